The first-order valence-electron chi connectivity index (χ1n) is 4.15. The summed E-state index contributed by atoms with van der Waals surface area (Å²) >= 11 is 17.7. The quantitative estimate of drug-likeness (QED) is 0.712. The van der Waals surface area contributed by atoms with Crippen LogP contribution < -0.4 is 0 Å². The lowest BCUT2D eigenvalue weighted by molar-refractivity contribution is 0.794. The number of unbranched alkanes of at least 4 members (excludes halogenated alkanes) is 1. The van der Waals surface area contributed by atoms with Gasteiger partial charge < -0.3 is 0 Å². The summed E-state index contributed by atoms with van der Waals surface area (Å²) in [4.78, 5) is 3.85. The average molecular weight is 239 g/mol. The van der Waals surface area contributed by atoms with E-state index in [1.54, 1.807) is 6.20 Å². The van der Waals surface area contributed by atoms with E-state index in [1.165, 1.54) is 0 Å². The van der Waals surface area contributed by atoms with Gasteiger partial charge in [-0.2, -0.15) is 0 Å². The molecule has 0 bridgehead atoms. The maximum atomic E-state index is 5.96. The van der Waals surface area contributed by atoms with E-state index in [-0.39, 0.29) is 0 Å². The van der Waals surface area contributed by atoms with Gasteiger partial charge in [-0.15, -0.1) is 0 Å². The molecule has 1 aromatic rings. The first kappa shape index (κ1) is 11.1. The molecule has 0 aromatic carbocycles. The zero-order valence-electron chi connectivity index (χ0n) is 7.28. The average Bonchev–Trinajstić information content (AvgIpc) is 2.12. The van der Waals surface area contributed by atoms with E-state index in [0.717, 1.165) is 24.8 Å². The molecule has 0 aliphatic heterocycles. The van der Waals surface area contributed by atoms with E-state index in [2.05, 4.69) is 11.9 Å². The minimum atomic E-state index is 0.331. The van der Waals surface area contributed by atoms with Crippen molar-refractivity contribution in [3.63, 3.8) is 0 Å². The number of hydrogen-bond acceptors (Lipinski definition) is 1. The molecule has 0 aliphatic carbocycles. The van der Waals surface area contributed by atoms with Gasteiger partial charge in [-0.1, -0.05) is 48.1 Å². The molecule has 0 radical (unpaired) electrons. The summed E-state index contributed by atoms with van der Waals surface area (Å²) in [5.74, 6) is 0. The molecule has 0 saturated heterocycles. The molecule has 1 aromatic heterocycles. The van der Waals surface area contributed by atoms with Crippen molar-refractivity contribution in [3.05, 3.63) is 27.0 Å². The molecule has 4 heteroatoms. The molecular weight excluding hydrogens is 228 g/mol. The Balaban J connectivity index is 2.96. The minimum Gasteiger partial charge on any atom is -0.241 e. The summed E-state index contributed by atoms with van der Waals surface area (Å²) in [6.45, 7) is 2.12. The molecular formula is C9H10Cl3N. The standard InChI is InChI=1S/C9H10Cl3N/c1-2-3-4-6-7(10)5-13-9(12)8(6)11/h5H,2-4H2,1H3. The number of hydrogen-bond donors (Lipinski definition) is 0. The lowest BCUT2D eigenvalue weighted by Crippen LogP contribution is -1.91. The van der Waals surface area contributed by atoms with Crippen LogP contribution in [0.25, 0.3) is 0 Å². The van der Waals surface area contributed by atoms with Gasteiger partial charge in [-0.25, -0.2) is 4.98 Å². The van der Waals surface area contributed by atoms with Crippen LogP contribution in [0.3, 0.4) is 0 Å². The van der Waals surface area contributed by atoms with E-state index in [9.17, 15) is 0 Å². The third-order valence-corrected chi connectivity index (χ3v) is 2.92. The van der Waals surface area contributed by atoms with Gasteiger partial charge in [-0.3, -0.25) is 0 Å². The maximum Gasteiger partial charge on any atom is 0.147 e. The van der Waals surface area contributed by atoms with Gasteiger partial charge >= 0.3 is 0 Å². The van der Waals surface area contributed by atoms with Crippen molar-refractivity contribution in [1.82, 2.24) is 4.98 Å². The number of halogens is 3. The molecule has 0 atom stereocenters. The Bertz CT molecular complexity index is 299. The highest BCUT2D eigenvalue weighted by molar-refractivity contribution is 6.43. The smallest absolute Gasteiger partial charge is 0.147 e. The highest BCUT2D eigenvalue weighted by atomic mass is 35.5. The summed E-state index contributed by atoms with van der Waals surface area (Å²) in [5.41, 5.74) is 0.908. The highest BCUT2D eigenvalue weighted by Crippen LogP contribution is 2.30. The first-order chi connectivity index (χ1) is 6.16. The van der Waals surface area contributed by atoms with Crippen LogP contribution in [0.15, 0.2) is 6.20 Å². The lowest BCUT2D eigenvalue weighted by Gasteiger charge is -2.06. The Morgan fingerprint density at radius 3 is 2.62 bits per heavy atom. The molecule has 1 nitrogen and oxygen atoms in total. The van der Waals surface area contributed by atoms with Gasteiger partial charge in [0, 0.05) is 6.20 Å². The van der Waals surface area contributed by atoms with Crippen LogP contribution >= 0.6 is 34.8 Å². The topological polar surface area (TPSA) is 12.9 Å². The molecule has 0 amide bonds. The van der Waals surface area contributed by atoms with Gasteiger partial charge in [0.2, 0.25) is 0 Å². The molecule has 0 aliphatic rings. The Labute approximate surface area is 93.0 Å². The number of aromatic nitrogens is 1. The number of nitrogens with zero attached hydrogens (tertiary/aromatic N) is 1. The molecule has 13 heavy (non-hydrogen) atoms. The third-order valence-electron chi connectivity index (χ3n) is 1.81. The van der Waals surface area contributed by atoms with Crippen LogP contribution in [-0.2, 0) is 6.42 Å². The van der Waals surface area contributed by atoms with Crippen LogP contribution in [-0.4, -0.2) is 4.98 Å². The summed E-state index contributed by atoms with van der Waals surface area (Å²) in [6.07, 6.45) is 4.56. The van der Waals surface area contributed by atoms with Gasteiger partial charge in [-0.05, 0) is 18.4 Å². The van der Waals surface area contributed by atoms with Gasteiger partial charge in [0.1, 0.15) is 5.15 Å². The Morgan fingerprint density at radius 2 is 2.00 bits per heavy atom. The van der Waals surface area contributed by atoms with E-state index in [1.807, 2.05) is 0 Å². The van der Waals surface area contributed by atoms with E-state index in [4.69, 9.17) is 34.8 Å². The number of pyridine rings is 1. The van der Waals surface area contributed by atoms with Gasteiger partial charge in [0.25, 0.3) is 0 Å². The second-order valence-electron chi connectivity index (χ2n) is 2.79. The van der Waals surface area contributed by atoms with Crippen LogP contribution in [0.1, 0.15) is 25.3 Å². The Hall–Kier alpha value is 0.0200. The van der Waals surface area contributed by atoms with Crippen LogP contribution in [0.5, 0.6) is 0 Å². The zero-order valence-corrected chi connectivity index (χ0v) is 9.55. The lowest BCUT2D eigenvalue weighted by atomic mass is 10.1. The monoisotopic (exact) mass is 237 g/mol. The van der Waals surface area contributed by atoms with Crippen molar-refractivity contribution in [3.8, 4) is 0 Å². The molecule has 1 heterocycles. The summed E-state index contributed by atoms with van der Waals surface area (Å²) < 4.78 is 0. The van der Waals surface area contributed by atoms with E-state index >= 15 is 0 Å². The summed E-state index contributed by atoms with van der Waals surface area (Å²) in [6, 6.07) is 0. The van der Waals surface area contributed by atoms with Crippen molar-refractivity contribution in [2.45, 2.75) is 26.2 Å². The Kier molecular flexibility index (Phi) is 4.30. The van der Waals surface area contributed by atoms with Crippen molar-refractivity contribution in [2.75, 3.05) is 0 Å². The molecule has 0 fully saturated rings. The normalized spacial score (nSPS) is 10.5. The second-order valence-corrected chi connectivity index (χ2v) is 3.94. The fourth-order valence-electron chi connectivity index (χ4n) is 1.06. The third kappa shape index (κ3) is 2.73. The van der Waals surface area contributed by atoms with Crippen LogP contribution in [0, 0.1) is 0 Å². The van der Waals surface area contributed by atoms with Gasteiger partial charge in [0.05, 0.1) is 10.0 Å². The fourth-order valence-corrected chi connectivity index (χ4v) is 1.75. The first-order valence-corrected chi connectivity index (χ1v) is 5.28. The molecule has 0 N–H and O–H groups in total. The minimum absolute atomic E-state index is 0.331. The van der Waals surface area contributed by atoms with Crippen LogP contribution in [0.2, 0.25) is 15.2 Å². The summed E-state index contributed by atoms with van der Waals surface area (Å²) in [7, 11) is 0. The summed E-state index contributed by atoms with van der Waals surface area (Å²) in [5, 5.41) is 1.42. The van der Waals surface area contributed by atoms with Crippen LogP contribution in [0.4, 0.5) is 0 Å². The van der Waals surface area contributed by atoms with E-state index in [0.29, 0.717) is 15.2 Å². The Morgan fingerprint density at radius 1 is 1.31 bits per heavy atom. The largest absolute Gasteiger partial charge is 0.241 e. The molecule has 0 unspecified atom stereocenters. The van der Waals surface area contributed by atoms with Crippen molar-refractivity contribution >= 4 is 34.8 Å². The molecule has 0 saturated carbocycles. The maximum absolute atomic E-state index is 5.96. The van der Waals surface area contributed by atoms with Crippen molar-refractivity contribution in [1.29, 1.82) is 0 Å². The van der Waals surface area contributed by atoms with Crippen molar-refractivity contribution in [2.24, 2.45) is 0 Å². The molecule has 1 rings (SSSR count). The predicted molar refractivity (Wildman–Crippen MR) is 57.9 cm³/mol. The molecule has 0 spiro atoms. The zero-order chi connectivity index (χ0) is 9.84. The predicted octanol–water partition coefficient (Wildman–Crippen LogP) is 4.38. The molecule has 72 valence electrons. The highest BCUT2D eigenvalue weighted by Gasteiger charge is 2.09. The van der Waals surface area contributed by atoms with E-state index < -0.39 is 0 Å². The fraction of sp³-hybridized carbons (Fsp3) is 0.444. The van der Waals surface area contributed by atoms with Crippen molar-refractivity contribution < 1.29 is 0 Å². The SMILES string of the molecule is CCCCc1c(Cl)cnc(Cl)c1Cl. The number of rotatable bonds is 3. The van der Waals surface area contributed by atoms with Gasteiger partial charge in [0.15, 0.2) is 0 Å². The second kappa shape index (κ2) is 5.04.